The fourth-order valence-corrected chi connectivity index (χ4v) is 4.77. The summed E-state index contributed by atoms with van der Waals surface area (Å²) in [6.07, 6.45) is 1.49. The van der Waals surface area contributed by atoms with Gasteiger partial charge in [-0.25, -0.2) is 17.2 Å². The molecule has 0 unspecified atom stereocenters. The van der Waals surface area contributed by atoms with E-state index < -0.39 is 21.9 Å². The summed E-state index contributed by atoms with van der Waals surface area (Å²) in [7, 11) is -2.33. The van der Waals surface area contributed by atoms with Crippen LogP contribution >= 0.6 is 0 Å². The average Bonchev–Trinajstić information content (AvgIpc) is 3.38. The Hall–Kier alpha value is -3.92. The fourth-order valence-electron chi connectivity index (χ4n) is 3.42. The molecular formula is C22H20N4O5S. The van der Waals surface area contributed by atoms with Crippen LogP contribution in [-0.2, 0) is 16.6 Å². The summed E-state index contributed by atoms with van der Waals surface area (Å²) < 4.78 is 28.6. The van der Waals surface area contributed by atoms with Gasteiger partial charge in [-0.15, -0.1) is 0 Å². The summed E-state index contributed by atoms with van der Waals surface area (Å²) in [5.41, 5.74) is 2.05. The third kappa shape index (κ3) is 3.76. The van der Waals surface area contributed by atoms with Crippen molar-refractivity contribution in [3.63, 3.8) is 0 Å². The van der Waals surface area contributed by atoms with Gasteiger partial charge in [0.25, 0.3) is 15.9 Å². The normalized spacial score (nSPS) is 11.6. The van der Waals surface area contributed by atoms with Crippen molar-refractivity contribution in [2.45, 2.75) is 18.4 Å². The molecule has 4 rings (SSSR count). The highest BCUT2D eigenvalue weighted by molar-refractivity contribution is 7.90. The molecule has 2 aromatic carbocycles. The van der Waals surface area contributed by atoms with Crippen LogP contribution in [-0.4, -0.2) is 46.2 Å². The number of amides is 1. The molecule has 0 radical (unpaired) electrons. The molecule has 0 aliphatic carbocycles. The van der Waals surface area contributed by atoms with Crippen molar-refractivity contribution >= 4 is 32.8 Å². The zero-order chi connectivity index (χ0) is 23.0. The number of nitrogens with zero attached hydrogens (tertiary/aromatic N) is 3. The monoisotopic (exact) mass is 452 g/mol. The molecule has 0 aliphatic rings. The molecule has 9 nitrogen and oxygen atoms in total. The molecule has 10 heteroatoms. The van der Waals surface area contributed by atoms with Crippen LogP contribution in [0.15, 0.2) is 65.7 Å². The zero-order valence-corrected chi connectivity index (χ0v) is 18.1. The van der Waals surface area contributed by atoms with Crippen LogP contribution in [0.3, 0.4) is 0 Å². The predicted octanol–water partition coefficient (Wildman–Crippen LogP) is 2.49. The van der Waals surface area contributed by atoms with Crippen LogP contribution in [0.1, 0.15) is 32.1 Å². The van der Waals surface area contributed by atoms with Gasteiger partial charge < -0.3 is 10.4 Å². The maximum absolute atomic E-state index is 13.1. The molecule has 0 spiro atoms. The number of carboxylic acids is 1. The quantitative estimate of drug-likeness (QED) is 0.463. The third-order valence-corrected chi connectivity index (χ3v) is 6.79. The van der Waals surface area contributed by atoms with Crippen molar-refractivity contribution in [3.8, 4) is 0 Å². The van der Waals surface area contributed by atoms with Crippen LogP contribution in [0.2, 0.25) is 0 Å². The highest BCUT2D eigenvalue weighted by atomic mass is 32.2. The molecule has 2 aromatic heterocycles. The van der Waals surface area contributed by atoms with Crippen LogP contribution in [0.5, 0.6) is 0 Å². The van der Waals surface area contributed by atoms with E-state index >= 15 is 0 Å². The molecule has 0 bridgehead atoms. The Kier molecular flexibility index (Phi) is 5.31. The standard InChI is InChI=1S/C22H20N4O5S/c1-14-3-6-17(7-4-14)32(30,31)26-10-9-16-11-15(5-8-19(16)26)13-25-20(22(28)29)12-18(24-25)21(27)23-2/h3-12H,13H2,1-2H3,(H,23,27)(H,28,29). The maximum atomic E-state index is 13.1. The van der Waals surface area contributed by atoms with Crippen molar-refractivity contribution in [2.75, 3.05) is 7.05 Å². The fraction of sp³-hybridized carbons (Fsp3) is 0.136. The van der Waals surface area contributed by atoms with Crippen molar-refractivity contribution in [3.05, 3.63) is 83.3 Å². The van der Waals surface area contributed by atoms with Gasteiger partial charge in [0.1, 0.15) is 5.69 Å². The molecule has 2 N–H and O–H groups in total. The number of aromatic carboxylic acids is 1. The predicted molar refractivity (Wildman–Crippen MR) is 117 cm³/mol. The number of nitrogens with one attached hydrogen (secondary N) is 1. The first-order valence-corrected chi connectivity index (χ1v) is 11.1. The van der Waals surface area contributed by atoms with Crippen molar-refractivity contribution in [1.29, 1.82) is 0 Å². The number of aromatic nitrogens is 3. The Morgan fingerprint density at radius 3 is 2.44 bits per heavy atom. The molecule has 164 valence electrons. The van der Waals surface area contributed by atoms with E-state index in [-0.39, 0.29) is 22.8 Å². The van der Waals surface area contributed by atoms with Crippen LogP contribution in [0.4, 0.5) is 0 Å². The van der Waals surface area contributed by atoms with Gasteiger partial charge in [0.15, 0.2) is 5.69 Å². The van der Waals surface area contributed by atoms with Gasteiger partial charge >= 0.3 is 5.97 Å². The minimum absolute atomic E-state index is 0.00122. The van der Waals surface area contributed by atoms with Gasteiger partial charge in [0.05, 0.1) is 17.0 Å². The Bertz CT molecular complexity index is 1450. The lowest BCUT2D eigenvalue weighted by molar-refractivity contribution is 0.0683. The molecule has 0 aliphatic heterocycles. The average molecular weight is 452 g/mol. The van der Waals surface area contributed by atoms with Crippen LogP contribution < -0.4 is 5.32 Å². The second-order valence-electron chi connectivity index (χ2n) is 7.28. The number of hydrogen-bond donors (Lipinski definition) is 2. The number of hydrogen-bond acceptors (Lipinski definition) is 5. The topological polar surface area (TPSA) is 123 Å². The second kappa shape index (κ2) is 7.97. The van der Waals surface area contributed by atoms with Crippen LogP contribution in [0, 0.1) is 6.92 Å². The van der Waals surface area contributed by atoms with E-state index in [0.717, 1.165) is 5.56 Å². The lowest BCUT2D eigenvalue weighted by Gasteiger charge is -2.09. The first-order valence-electron chi connectivity index (χ1n) is 9.66. The molecule has 2 heterocycles. The maximum Gasteiger partial charge on any atom is 0.354 e. The molecule has 0 saturated carbocycles. The lowest BCUT2D eigenvalue weighted by Crippen LogP contribution is -2.18. The molecular weight excluding hydrogens is 432 g/mol. The Labute approximate surface area is 184 Å². The number of benzene rings is 2. The van der Waals surface area contributed by atoms with Gasteiger partial charge in [-0.3, -0.25) is 9.48 Å². The first-order chi connectivity index (χ1) is 15.2. The van der Waals surface area contributed by atoms with Gasteiger partial charge in [-0.2, -0.15) is 5.10 Å². The summed E-state index contributed by atoms with van der Waals surface area (Å²) in [4.78, 5) is 23.6. The Morgan fingerprint density at radius 2 is 1.78 bits per heavy atom. The van der Waals surface area contributed by atoms with E-state index in [1.165, 1.54) is 28.0 Å². The molecule has 0 atom stereocenters. The number of carbonyl (C=O) groups is 2. The van der Waals surface area contributed by atoms with E-state index in [0.29, 0.717) is 16.5 Å². The zero-order valence-electron chi connectivity index (χ0n) is 17.3. The summed E-state index contributed by atoms with van der Waals surface area (Å²) in [5, 5.41) is 16.6. The number of carbonyl (C=O) groups excluding carboxylic acids is 1. The number of carboxylic acid groups (broad SMARTS) is 1. The van der Waals surface area contributed by atoms with E-state index in [1.807, 2.05) is 6.92 Å². The van der Waals surface area contributed by atoms with Crippen molar-refractivity contribution < 1.29 is 23.1 Å². The summed E-state index contributed by atoms with van der Waals surface area (Å²) in [6, 6.07) is 14.7. The van der Waals surface area contributed by atoms with Crippen molar-refractivity contribution in [1.82, 2.24) is 19.1 Å². The lowest BCUT2D eigenvalue weighted by atomic mass is 10.1. The minimum atomic E-state index is -3.76. The van der Waals surface area contributed by atoms with E-state index in [4.69, 9.17) is 0 Å². The first kappa shape index (κ1) is 21.3. The molecule has 32 heavy (non-hydrogen) atoms. The smallest absolute Gasteiger partial charge is 0.354 e. The Balaban J connectivity index is 1.70. The summed E-state index contributed by atoms with van der Waals surface area (Å²) in [5.74, 6) is -1.69. The second-order valence-corrected chi connectivity index (χ2v) is 9.09. The molecule has 0 saturated heterocycles. The third-order valence-electron chi connectivity index (χ3n) is 5.09. The van der Waals surface area contributed by atoms with Crippen LogP contribution in [0.25, 0.3) is 10.9 Å². The highest BCUT2D eigenvalue weighted by Gasteiger charge is 2.20. The summed E-state index contributed by atoms with van der Waals surface area (Å²) in [6.45, 7) is 1.99. The molecule has 0 fully saturated rings. The Morgan fingerprint density at radius 1 is 1.06 bits per heavy atom. The van der Waals surface area contributed by atoms with Gasteiger partial charge in [-0.1, -0.05) is 23.8 Å². The number of fused-ring (bicyclic) bond motifs is 1. The number of aryl methyl sites for hydroxylation is 1. The van der Waals surface area contributed by atoms with Gasteiger partial charge in [0.2, 0.25) is 0 Å². The minimum Gasteiger partial charge on any atom is -0.477 e. The summed E-state index contributed by atoms with van der Waals surface area (Å²) >= 11 is 0. The largest absolute Gasteiger partial charge is 0.477 e. The van der Waals surface area contributed by atoms with E-state index in [9.17, 15) is 23.1 Å². The molecule has 1 amide bonds. The van der Waals surface area contributed by atoms with Gasteiger partial charge in [-0.05, 0) is 42.8 Å². The number of rotatable bonds is 6. The van der Waals surface area contributed by atoms with Gasteiger partial charge in [0, 0.05) is 24.7 Å². The highest BCUT2D eigenvalue weighted by Crippen LogP contribution is 2.24. The van der Waals surface area contributed by atoms with Crippen molar-refractivity contribution in [2.24, 2.45) is 0 Å². The SMILES string of the molecule is CNC(=O)c1cc(C(=O)O)n(Cc2ccc3c(ccn3S(=O)(=O)c3ccc(C)cc3)c2)n1. The van der Waals surface area contributed by atoms with E-state index in [1.54, 1.807) is 48.5 Å². The molecule has 4 aromatic rings. The van der Waals surface area contributed by atoms with E-state index in [2.05, 4.69) is 10.4 Å².